The number of anilines is 2. The quantitative estimate of drug-likeness (QED) is 0.764. The van der Waals surface area contributed by atoms with Crippen LogP contribution in [0.3, 0.4) is 0 Å². The minimum atomic E-state index is -2.87. The van der Waals surface area contributed by atoms with Gasteiger partial charge in [0.05, 0.1) is 23.4 Å². The second kappa shape index (κ2) is 3.93. The van der Waals surface area contributed by atoms with E-state index < -0.39 is 9.84 Å². The number of nitrogens with two attached hydrogens (primary N) is 1. The Labute approximate surface area is 95.2 Å². The fourth-order valence-corrected chi connectivity index (χ4v) is 3.51. The first-order valence-electron chi connectivity index (χ1n) is 5.16. The molecule has 1 aromatic heterocycles. The normalized spacial score (nSPS) is 24.3. The van der Waals surface area contributed by atoms with Crippen LogP contribution in [0, 0.1) is 0 Å². The van der Waals surface area contributed by atoms with E-state index in [4.69, 9.17) is 5.73 Å². The lowest BCUT2D eigenvalue weighted by molar-refractivity contribution is 0.568. The summed E-state index contributed by atoms with van der Waals surface area (Å²) in [4.78, 5) is 6.06. The summed E-state index contributed by atoms with van der Waals surface area (Å²) < 4.78 is 22.9. The average Bonchev–Trinajstić information content (AvgIpc) is 2.19. The van der Waals surface area contributed by atoms with E-state index in [1.807, 2.05) is 17.9 Å². The van der Waals surface area contributed by atoms with Crippen LogP contribution in [-0.4, -0.2) is 37.5 Å². The second-order valence-corrected chi connectivity index (χ2v) is 6.33. The van der Waals surface area contributed by atoms with Crippen LogP contribution in [0.5, 0.6) is 0 Å². The molecule has 0 aliphatic carbocycles. The van der Waals surface area contributed by atoms with E-state index in [1.165, 1.54) is 0 Å². The first-order valence-corrected chi connectivity index (χ1v) is 6.99. The standard InChI is InChI=1S/C10H15N3O2S/c1-8-7-16(14,15)5-4-13(8)9-2-3-10(11)12-6-9/h2-3,6,8H,4-5,7H2,1H3,(H2,11,12). The maximum Gasteiger partial charge on any atom is 0.154 e. The topological polar surface area (TPSA) is 76.3 Å². The Morgan fingerprint density at radius 2 is 2.25 bits per heavy atom. The van der Waals surface area contributed by atoms with E-state index in [0.717, 1.165) is 5.69 Å². The molecule has 2 rings (SSSR count). The third-order valence-electron chi connectivity index (χ3n) is 2.77. The number of rotatable bonds is 1. The molecule has 0 amide bonds. The molecule has 6 heteroatoms. The summed E-state index contributed by atoms with van der Waals surface area (Å²) in [5.74, 6) is 0.889. The monoisotopic (exact) mass is 241 g/mol. The zero-order chi connectivity index (χ0) is 11.8. The molecule has 0 saturated carbocycles. The van der Waals surface area contributed by atoms with Gasteiger partial charge in [0.25, 0.3) is 0 Å². The number of aromatic nitrogens is 1. The zero-order valence-corrected chi connectivity index (χ0v) is 9.94. The second-order valence-electron chi connectivity index (χ2n) is 4.10. The summed E-state index contributed by atoms with van der Waals surface area (Å²) in [6.45, 7) is 2.43. The summed E-state index contributed by atoms with van der Waals surface area (Å²) in [5, 5.41) is 0. The van der Waals surface area contributed by atoms with Crippen LogP contribution >= 0.6 is 0 Å². The highest BCUT2D eigenvalue weighted by Gasteiger charge is 2.28. The smallest absolute Gasteiger partial charge is 0.154 e. The lowest BCUT2D eigenvalue weighted by atomic mass is 10.2. The number of pyridine rings is 1. The molecule has 0 spiro atoms. The first-order chi connectivity index (χ1) is 7.48. The van der Waals surface area contributed by atoms with Crippen molar-refractivity contribution < 1.29 is 8.42 Å². The van der Waals surface area contributed by atoms with Gasteiger partial charge in [-0.15, -0.1) is 0 Å². The molecular formula is C10H15N3O2S. The van der Waals surface area contributed by atoms with Crippen LogP contribution in [0.2, 0.25) is 0 Å². The molecule has 5 nitrogen and oxygen atoms in total. The Morgan fingerprint density at radius 1 is 1.50 bits per heavy atom. The predicted molar refractivity (Wildman–Crippen MR) is 64.1 cm³/mol. The van der Waals surface area contributed by atoms with Crippen molar-refractivity contribution in [3.8, 4) is 0 Å². The summed E-state index contributed by atoms with van der Waals surface area (Å²) in [7, 11) is -2.87. The van der Waals surface area contributed by atoms with Gasteiger partial charge in [-0.05, 0) is 19.1 Å². The highest BCUT2D eigenvalue weighted by molar-refractivity contribution is 7.91. The molecule has 88 valence electrons. The highest BCUT2D eigenvalue weighted by atomic mass is 32.2. The van der Waals surface area contributed by atoms with Crippen molar-refractivity contribution in [1.82, 2.24) is 4.98 Å². The van der Waals surface area contributed by atoms with E-state index in [-0.39, 0.29) is 17.5 Å². The number of sulfone groups is 1. The van der Waals surface area contributed by atoms with E-state index in [9.17, 15) is 8.42 Å². The Hall–Kier alpha value is -1.30. The summed E-state index contributed by atoms with van der Waals surface area (Å²) >= 11 is 0. The van der Waals surface area contributed by atoms with E-state index in [0.29, 0.717) is 12.4 Å². The van der Waals surface area contributed by atoms with Gasteiger partial charge in [-0.1, -0.05) is 0 Å². The number of hydrogen-bond acceptors (Lipinski definition) is 5. The molecule has 2 N–H and O–H groups in total. The molecule has 1 aromatic rings. The fourth-order valence-electron chi connectivity index (χ4n) is 1.95. The Bertz CT molecular complexity index is 469. The van der Waals surface area contributed by atoms with Crippen molar-refractivity contribution in [1.29, 1.82) is 0 Å². The van der Waals surface area contributed by atoms with Crippen LogP contribution in [0.25, 0.3) is 0 Å². The molecule has 0 bridgehead atoms. The molecular weight excluding hydrogens is 226 g/mol. The third-order valence-corrected chi connectivity index (χ3v) is 4.57. The molecule has 1 fully saturated rings. The largest absolute Gasteiger partial charge is 0.384 e. The first kappa shape index (κ1) is 11.2. The van der Waals surface area contributed by atoms with Crippen LogP contribution in [-0.2, 0) is 9.84 Å². The van der Waals surface area contributed by atoms with Crippen molar-refractivity contribution in [3.63, 3.8) is 0 Å². The van der Waals surface area contributed by atoms with Crippen molar-refractivity contribution >= 4 is 21.3 Å². The number of hydrogen-bond donors (Lipinski definition) is 1. The SMILES string of the molecule is CC1CS(=O)(=O)CCN1c1ccc(N)nc1. The number of nitrogen functional groups attached to an aromatic ring is 1. The van der Waals surface area contributed by atoms with Gasteiger partial charge in [-0.25, -0.2) is 13.4 Å². The van der Waals surface area contributed by atoms with E-state index >= 15 is 0 Å². The van der Waals surface area contributed by atoms with Crippen molar-refractivity contribution in [2.24, 2.45) is 0 Å². The molecule has 1 saturated heterocycles. The highest BCUT2D eigenvalue weighted by Crippen LogP contribution is 2.21. The molecule has 0 radical (unpaired) electrons. The van der Waals surface area contributed by atoms with Gasteiger partial charge in [0.2, 0.25) is 0 Å². The van der Waals surface area contributed by atoms with Crippen molar-refractivity contribution in [2.45, 2.75) is 13.0 Å². The van der Waals surface area contributed by atoms with E-state index in [1.54, 1.807) is 12.3 Å². The minimum absolute atomic E-state index is 0.0100. The zero-order valence-electron chi connectivity index (χ0n) is 9.13. The third kappa shape index (κ3) is 2.27. The molecule has 1 aliphatic heterocycles. The van der Waals surface area contributed by atoms with Crippen molar-refractivity contribution in [2.75, 3.05) is 28.7 Å². The maximum absolute atomic E-state index is 11.4. The summed E-state index contributed by atoms with van der Waals surface area (Å²) in [6, 6.07) is 3.59. The average molecular weight is 241 g/mol. The van der Waals surface area contributed by atoms with Gasteiger partial charge >= 0.3 is 0 Å². The van der Waals surface area contributed by atoms with Crippen molar-refractivity contribution in [3.05, 3.63) is 18.3 Å². The van der Waals surface area contributed by atoms with E-state index in [2.05, 4.69) is 4.98 Å². The van der Waals surface area contributed by atoms with Gasteiger partial charge in [0.15, 0.2) is 9.84 Å². The minimum Gasteiger partial charge on any atom is -0.384 e. The maximum atomic E-state index is 11.4. The molecule has 16 heavy (non-hydrogen) atoms. The van der Waals surface area contributed by atoms with Crippen LogP contribution in [0.1, 0.15) is 6.92 Å². The molecule has 2 heterocycles. The molecule has 1 unspecified atom stereocenters. The summed E-state index contributed by atoms with van der Waals surface area (Å²) in [5.41, 5.74) is 6.44. The van der Waals surface area contributed by atoms with Gasteiger partial charge in [-0.2, -0.15) is 0 Å². The lowest BCUT2D eigenvalue weighted by Crippen LogP contribution is -2.47. The predicted octanol–water partition coefficient (Wildman–Crippen LogP) is 0.287. The van der Waals surface area contributed by atoms with Crippen LogP contribution < -0.4 is 10.6 Å². The molecule has 1 aliphatic rings. The van der Waals surface area contributed by atoms with Gasteiger partial charge < -0.3 is 10.6 Å². The van der Waals surface area contributed by atoms with Crippen LogP contribution in [0.4, 0.5) is 11.5 Å². The Kier molecular flexibility index (Phi) is 2.75. The summed E-state index contributed by atoms with van der Waals surface area (Å²) in [6.07, 6.45) is 1.68. The fraction of sp³-hybridized carbons (Fsp3) is 0.500. The van der Waals surface area contributed by atoms with Gasteiger partial charge in [0, 0.05) is 12.6 Å². The molecule has 0 aromatic carbocycles. The van der Waals surface area contributed by atoms with Gasteiger partial charge in [0.1, 0.15) is 5.82 Å². The lowest BCUT2D eigenvalue weighted by Gasteiger charge is -2.34. The Balaban J connectivity index is 2.20. The number of nitrogens with zero attached hydrogens (tertiary/aromatic N) is 2. The van der Waals surface area contributed by atoms with Gasteiger partial charge in [-0.3, -0.25) is 0 Å². The molecule has 1 atom stereocenters. The Morgan fingerprint density at radius 3 is 2.81 bits per heavy atom. The van der Waals surface area contributed by atoms with Crippen LogP contribution in [0.15, 0.2) is 18.3 Å².